The molecule has 6 heteroatoms. The number of imidazole rings is 1. The molecule has 0 aliphatic heterocycles. The van der Waals surface area contributed by atoms with Gasteiger partial charge in [-0.3, -0.25) is 9.78 Å². The topological polar surface area (TPSA) is 69.0 Å². The summed E-state index contributed by atoms with van der Waals surface area (Å²) in [4.78, 5) is 21.1. The summed E-state index contributed by atoms with van der Waals surface area (Å²) in [5, 5.41) is 2.97. The van der Waals surface area contributed by atoms with Crippen molar-refractivity contribution in [1.29, 1.82) is 0 Å². The van der Waals surface area contributed by atoms with E-state index in [9.17, 15) is 4.79 Å². The van der Waals surface area contributed by atoms with Gasteiger partial charge in [0.05, 0.1) is 24.2 Å². The molecule has 0 aliphatic rings. The summed E-state index contributed by atoms with van der Waals surface area (Å²) < 4.78 is 8.11. The molecular formula is C26H28N4O2. The van der Waals surface area contributed by atoms with Crippen molar-refractivity contribution in [3.8, 4) is 5.75 Å². The quantitative estimate of drug-likeness (QED) is 0.388. The maximum Gasteiger partial charge on any atom is 0.251 e. The molecule has 0 atom stereocenters. The number of fused-ring (bicyclic) bond motifs is 1. The Bertz CT molecular complexity index is 1200. The molecule has 0 unspecified atom stereocenters. The summed E-state index contributed by atoms with van der Waals surface area (Å²) >= 11 is 0. The lowest BCUT2D eigenvalue weighted by Crippen LogP contribution is -2.24. The summed E-state index contributed by atoms with van der Waals surface area (Å²) in [7, 11) is 0. The Labute approximate surface area is 188 Å². The second-order valence-electron chi connectivity index (χ2n) is 7.89. The average Bonchev–Trinajstić information content (AvgIpc) is 3.17. The van der Waals surface area contributed by atoms with Crippen molar-refractivity contribution in [2.75, 3.05) is 6.61 Å². The minimum absolute atomic E-state index is 0.132. The minimum atomic E-state index is -0.132. The lowest BCUT2D eigenvalue weighted by molar-refractivity contribution is 0.0949. The van der Waals surface area contributed by atoms with Gasteiger partial charge in [-0.1, -0.05) is 18.2 Å². The maximum absolute atomic E-state index is 12.4. The number of hydrogen-bond acceptors (Lipinski definition) is 4. The smallest absolute Gasteiger partial charge is 0.251 e. The molecule has 0 saturated heterocycles. The molecule has 2 heterocycles. The Morgan fingerprint density at radius 2 is 1.81 bits per heavy atom. The third kappa shape index (κ3) is 5.14. The van der Waals surface area contributed by atoms with Crippen LogP contribution in [0.1, 0.15) is 40.2 Å². The minimum Gasteiger partial charge on any atom is -0.494 e. The van der Waals surface area contributed by atoms with Crippen LogP contribution in [0.15, 0.2) is 67.0 Å². The number of nitrogens with zero attached hydrogens (tertiary/aromatic N) is 3. The molecule has 6 nitrogen and oxygen atoms in total. The Kier molecular flexibility index (Phi) is 6.80. The molecule has 4 aromatic rings. The van der Waals surface area contributed by atoms with Crippen LogP contribution in [0.25, 0.3) is 11.0 Å². The third-order valence-electron chi connectivity index (χ3n) is 5.61. The van der Waals surface area contributed by atoms with E-state index >= 15 is 0 Å². The van der Waals surface area contributed by atoms with Crippen molar-refractivity contribution >= 4 is 16.9 Å². The van der Waals surface area contributed by atoms with Crippen molar-refractivity contribution in [2.24, 2.45) is 0 Å². The van der Waals surface area contributed by atoms with E-state index in [-0.39, 0.29) is 5.91 Å². The van der Waals surface area contributed by atoms with E-state index in [0.717, 1.165) is 42.0 Å². The first-order valence-electron chi connectivity index (χ1n) is 10.9. The van der Waals surface area contributed by atoms with Gasteiger partial charge in [0.2, 0.25) is 0 Å². The molecule has 0 saturated carbocycles. The first kappa shape index (κ1) is 21.6. The molecule has 0 bridgehead atoms. The van der Waals surface area contributed by atoms with Gasteiger partial charge in [-0.25, -0.2) is 4.98 Å². The molecule has 0 fully saturated rings. The van der Waals surface area contributed by atoms with E-state index in [4.69, 9.17) is 9.72 Å². The number of hydrogen-bond donors (Lipinski definition) is 1. The van der Waals surface area contributed by atoms with Crippen LogP contribution in [0, 0.1) is 13.8 Å². The van der Waals surface area contributed by atoms with Crippen LogP contribution < -0.4 is 10.1 Å². The number of unbranched alkanes of at least 4 members (excludes halogenated alkanes) is 1. The second-order valence-corrected chi connectivity index (χ2v) is 7.89. The molecular weight excluding hydrogens is 400 g/mol. The standard InChI is InChI=1S/C26H28N4O2/c1-19-9-10-22(17-20(19)2)32-16-6-5-15-30-24-8-4-3-7-23(24)29-25(30)18-28-26(31)21-11-13-27-14-12-21/h3-4,7-14,17H,5-6,15-16,18H2,1-2H3,(H,28,31). The number of carbonyl (C=O) groups is 1. The maximum atomic E-state index is 12.4. The van der Waals surface area contributed by atoms with Gasteiger partial charge in [0.25, 0.3) is 5.91 Å². The zero-order chi connectivity index (χ0) is 22.3. The number of aromatic nitrogens is 3. The predicted octanol–water partition coefficient (Wildman–Crippen LogP) is 4.84. The van der Waals surface area contributed by atoms with Crippen molar-refractivity contribution < 1.29 is 9.53 Å². The third-order valence-corrected chi connectivity index (χ3v) is 5.61. The molecule has 2 aromatic carbocycles. The molecule has 164 valence electrons. The second kappa shape index (κ2) is 10.1. The largest absolute Gasteiger partial charge is 0.494 e. The molecule has 4 rings (SSSR count). The SMILES string of the molecule is Cc1ccc(OCCCCn2c(CNC(=O)c3ccncc3)nc3ccccc32)cc1C. The Morgan fingerprint density at radius 3 is 2.62 bits per heavy atom. The number of aryl methyl sites for hydroxylation is 3. The molecule has 0 aliphatic carbocycles. The lowest BCUT2D eigenvalue weighted by atomic mass is 10.1. The van der Waals surface area contributed by atoms with E-state index < -0.39 is 0 Å². The van der Waals surface area contributed by atoms with Gasteiger partial charge in [0.15, 0.2) is 0 Å². The average molecular weight is 429 g/mol. The van der Waals surface area contributed by atoms with Crippen LogP contribution in [0.2, 0.25) is 0 Å². The zero-order valence-electron chi connectivity index (χ0n) is 18.5. The molecule has 0 radical (unpaired) electrons. The molecule has 2 aromatic heterocycles. The Balaban J connectivity index is 1.36. The van der Waals surface area contributed by atoms with Gasteiger partial charge in [-0.05, 0) is 74.2 Å². The van der Waals surface area contributed by atoms with Gasteiger partial charge in [0.1, 0.15) is 11.6 Å². The highest BCUT2D eigenvalue weighted by atomic mass is 16.5. The van der Waals surface area contributed by atoms with Crippen LogP contribution in [0.5, 0.6) is 5.75 Å². The Hall–Kier alpha value is -3.67. The normalized spacial score (nSPS) is 10.9. The van der Waals surface area contributed by atoms with Crippen molar-refractivity contribution in [1.82, 2.24) is 19.9 Å². The Morgan fingerprint density at radius 1 is 1.00 bits per heavy atom. The van der Waals surface area contributed by atoms with Crippen LogP contribution in [0.3, 0.4) is 0 Å². The van der Waals surface area contributed by atoms with E-state index in [0.29, 0.717) is 18.7 Å². The van der Waals surface area contributed by atoms with Gasteiger partial charge in [0, 0.05) is 24.5 Å². The summed E-state index contributed by atoms with van der Waals surface area (Å²) in [6, 6.07) is 17.7. The molecule has 1 N–H and O–H groups in total. The lowest BCUT2D eigenvalue weighted by Gasteiger charge is -2.11. The molecule has 0 spiro atoms. The van der Waals surface area contributed by atoms with Crippen LogP contribution in [-0.4, -0.2) is 27.0 Å². The molecule has 1 amide bonds. The number of benzene rings is 2. The number of amides is 1. The number of para-hydroxylation sites is 2. The summed E-state index contributed by atoms with van der Waals surface area (Å²) in [5.74, 6) is 1.64. The molecule has 32 heavy (non-hydrogen) atoms. The first-order chi connectivity index (χ1) is 15.6. The predicted molar refractivity (Wildman–Crippen MR) is 126 cm³/mol. The van der Waals surface area contributed by atoms with E-state index in [1.807, 2.05) is 24.3 Å². The van der Waals surface area contributed by atoms with Gasteiger partial charge >= 0.3 is 0 Å². The fraction of sp³-hybridized carbons (Fsp3) is 0.269. The number of carbonyl (C=O) groups excluding carboxylic acids is 1. The van der Waals surface area contributed by atoms with Gasteiger partial charge in [-0.15, -0.1) is 0 Å². The highest BCUT2D eigenvalue weighted by Gasteiger charge is 2.12. The van der Waals surface area contributed by atoms with Gasteiger partial charge < -0.3 is 14.6 Å². The van der Waals surface area contributed by atoms with Crippen molar-refractivity contribution in [3.05, 3.63) is 89.5 Å². The summed E-state index contributed by atoms with van der Waals surface area (Å²) in [5.41, 5.74) is 5.12. The first-order valence-corrected chi connectivity index (χ1v) is 10.9. The number of nitrogens with one attached hydrogen (secondary N) is 1. The number of pyridine rings is 1. The highest BCUT2D eigenvalue weighted by molar-refractivity contribution is 5.93. The van der Waals surface area contributed by atoms with Crippen LogP contribution in [-0.2, 0) is 13.1 Å². The van der Waals surface area contributed by atoms with Crippen molar-refractivity contribution in [2.45, 2.75) is 39.8 Å². The number of rotatable bonds is 9. The fourth-order valence-electron chi connectivity index (χ4n) is 3.64. The van der Waals surface area contributed by atoms with E-state index in [1.165, 1.54) is 11.1 Å². The van der Waals surface area contributed by atoms with Crippen molar-refractivity contribution in [3.63, 3.8) is 0 Å². The highest BCUT2D eigenvalue weighted by Crippen LogP contribution is 2.19. The summed E-state index contributed by atoms with van der Waals surface area (Å²) in [6.07, 6.45) is 5.12. The van der Waals surface area contributed by atoms with E-state index in [2.05, 4.69) is 46.9 Å². The van der Waals surface area contributed by atoms with Crippen LogP contribution in [0.4, 0.5) is 0 Å². The summed E-state index contributed by atoms with van der Waals surface area (Å²) in [6.45, 7) is 6.06. The van der Waals surface area contributed by atoms with E-state index in [1.54, 1.807) is 24.5 Å². The van der Waals surface area contributed by atoms with Crippen LogP contribution >= 0.6 is 0 Å². The monoisotopic (exact) mass is 428 g/mol. The van der Waals surface area contributed by atoms with Gasteiger partial charge in [-0.2, -0.15) is 0 Å². The zero-order valence-corrected chi connectivity index (χ0v) is 18.5. The number of ether oxygens (including phenoxy) is 1. The fourth-order valence-corrected chi connectivity index (χ4v) is 3.64.